The minimum atomic E-state index is -0.353. The van der Waals surface area contributed by atoms with Crippen LogP contribution in [-0.2, 0) is 16.2 Å². The quantitative estimate of drug-likeness (QED) is 0.686. The molecule has 5 nitrogen and oxygen atoms in total. The number of carbonyl (C=O) groups excluding carboxylic acids is 2. The minimum absolute atomic E-state index is 0.206. The standard InChI is InChI=1S/C20H17ClN2O3/c1-13(24)23(14(2)25)17-6-7-19(21)16(10-17)12-26-20-5-3-4-15-11-22-9-8-18(15)20/h3-11H,12H2,1-2H3. The van der Waals surface area contributed by atoms with Crippen molar-refractivity contribution in [3.05, 3.63) is 65.4 Å². The van der Waals surface area contributed by atoms with Crippen LogP contribution in [0, 0.1) is 0 Å². The topological polar surface area (TPSA) is 59.5 Å². The van der Waals surface area contributed by atoms with Crippen molar-refractivity contribution >= 4 is 39.9 Å². The molecule has 0 atom stereocenters. The van der Waals surface area contributed by atoms with Crippen molar-refractivity contribution in [2.45, 2.75) is 20.5 Å². The van der Waals surface area contributed by atoms with E-state index in [2.05, 4.69) is 4.98 Å². The van der Waals surface area contributed by atoms with Crippen LogP contribution >= 0.6 is 11.6 Å². The second-order valence-electron chi connectivity index (χ2n) is 5.79. The lowest BCUT2D eigenvalue weighted by Gasteiger charge is -2.19. The molecule has 0 radical (unpaired) electrons. The number of halogens is 1. The summed E-state index contributed by atoms with van der Waals surface area (Å²) in [5, 5.41) is 2.43. The van der Waals surface area contributed by atoms with Gasteiger partial charge in [-0.2, -0.15) is 0 Å². The molecule has 0 unspecified atom stereocenters. The Morgan fingerprint density at radius 1 is 1.12 bits per heavy atom. The number of anilines is 1. The Kier molecular flexibility index (Phi) is 5.19. The first-order valence-electron chi connectivity index (χ1n) is 8.02. The number of fused-ring (bicyclic) bond motifs is 1. The molecular formula is C20H17ClN2O3. The number of hydrogen-bond donors (Lipinski definition) is 0. The normalized spacial score (nSPS) is 10.6. The van der Waals surface area contributed by atoms with Crippen LogP contribution in [-0.4, -0.2) is 16.8 Å². The lowest BCUT2D eigenvalue weighted by molar-refractivity contribution is -0.124. The van der Waals surface area contributed by atoms with E-state index < -0.39 is 0 Å². The first-order valence-corrected chi connectivity index (χ1v) is 8.40. The van der Waals surface area contributed by atoms with Crippen molar-refractivity contribution in [3.8, 4) is 5.75 Å². The van der Waals surface area contributed by atoms with Gasteiger partial charge in [-0.15, -0.1) is 0 Å². The summed E-state index contributed by atoms with van der Waals surface area (Å²) in [5.41, 5.74) is 1.15. The van der Waals surface area contributed by atoms with E-state index in [1.54, 1.807) is 30.6 Å². The Morgan fingerprint density at radius 3 is 2.62 bits per heavy atom. The molecule has 0 aliphatic heterocycles. The van der Waals surface area contributed by atoms with E-state index >= 15 is 0 Å². The molecule has 132 valence electrons. The molecule has 0 N–H and O–H groups in total. The van der Waals surface area contributed by atoms with E-state index in [1.165, 1.54) is 13.8 Å². The first kappa shape index (κ1) is 17.9. The summed E-state index contributed by atoms with van der Waals surface area (Å²) in [7, 11) is 0. The summed E-state index contributed by atoms with van der Waals surface area (Å²) in [4.78, 5) is 28.7. The van der Waals surface area contributed by atoms with Crippen molar-refractivity contribution in [2.75, 3.05) is 4.90 Å². The molecule has 0 saturated heterocycles. The number of amides is 2. The van der Waals surface area contributed by atoms with Gasteiger partial charge >= 0.3 is 0 Å². The van der Waals surface area contributed by atoms with Crippen molar-refractivity contribution in [1.82, 2.24) is 4.98 Å². The summed E-state index contributed by atoms with van der Waals surface area (Å²) in [6.45, 7) is 2.89. The minimum Gasteiger partial charge on any atom is -0.488 e. The summed E-state index contributed by atoms with van der Waals surface area (Å²) in [5.74, 6) is 0.00264. The van der Waals surface area contributed by atoms with Gasteiger partial charge in [0, 0.05) is 47.6 Å². The van der Waals surface area contributed by atoms with E-state index in [0.717, 1.165) is 15.7 Å². The lowest BCUT2D eigenvalue weighted by Crippen LogP contribution is -2.33. The van der Waals surface area contributed by atoms with Gasteiger partial charge in [-0.25, -0.2) is 0 Å². The van der Waals surface area contributed by atoms with E-state index in [0.29, 0.717) is 22.0 Å². The van der Waals surface area contributed by atoms with Gasteiger partial charge in [0.05, 0.1) is 5.69 Å². The van der Waals surface area contributed by atoms with Gasteiger partial charge in [-0.3, -0.25) is 19.5 Å². The van der Waals surface area contributed by atoms with Gasteiger partial charge in [0.1, 0.15) is 12.4 Å². The number of rotatable bonds is 4. The number of pyridine rings is 1. The van der Waals surface area contributed by atoms with Gasteiger partial charge in [0.25, 0.3) is 0 Å². The molecule has 0 aliphatic carbocycles. The van der Waals surface area contributed by atoms with E-state index in [4.69, 9.17) is 16.3 Å². The molecule has 26 heavy (non-hydrogen) atoms. The summed E-state index contributed by atoms with van der Waals surface area (Å²) in [6.07, 6.45) is 3.48. The zero-order valence-corrected chi connectivity index (χ0v) is 15.2. The molecule has 1 aromatic heterocycles. The Morgan fingerprint density at radius 2 is 1.88 bits per heavy atom. The second-order valence-corrected chi connectivity index (χ2v) is 6.20. The summed E-state index contributed by atoms with van der Waals surface area (Å²) >= 11 is 6.27. The van der Waals surface area contributed by atoms with Crippen LogP contribution in [0.25, 0.3) is 10.8 Å². The third kappa shape index (κ3) is 3.68. The highest BCUT2D eigenvalue weighted by Crippen LogP contribution is 2.28. The number of carbonyl (C=O) groups is 2. The molecule has 0 fully saturated rings. The average molecular weight is 369 g/mol. The molecule has 0 saturated carbocycles. The predicted molar refractivity (Wildman–Crippen MR) is 101 cm³/mol. The van der Waals surface area contributed by atoms with Gasteiger partial charge in [-0.05, 0) is 30.3 Å². The maximum atomic E-state index is 11.7. The van der Waals surface area contributed by atoms with Gasteiger partial charge in [-0.1, -0.05) is 23.7 Å². The van der Waals surface area contributed by atoms with Crippen molar-refractivity contribution in [1.29, 1.82) is 0 Å². The average Bonchev–Trinajstić information content (AvgIpc) is 2.61. The molecule has 2 aromatic carbocycles. The van der Waals surface area contributed by atoms with Crippen LogP contribution in [0.4, 0.5) is 5.69 Å². The number of nitrogens with zero attached hydrogens (tertiary/aromatic N) is 2. The third-order valence-electron chi connectivity index (χ3n) is 3.94. The molecule has 3 rings (SSSR count). The lowest BCUT2D eigenvalue weighted by atomic mass is 10.1. The Bertz CT molecular complexity index is 968. The van der Waals surface area contributed by atoms with Gasteiger partial charge in [0.2, 0.25) is 11.8 Å². The Balaban J connectivity index is 1.89. The molecule has 6 heteroatoms. The monoisotopic (exact) mass is 368 g/mol. The SMILES string of the molecule is CC(=O)N(C(C)=O)c1ccc(Cl)c(COc2cccc3cnccc23)c1. The molecule has 3 aromatic rings. The van der Waals surface area contributed by atoms with Crippen molar-refractivity contribution in [2.24, 2.45) is 0 Å². The van der Waals surface area contributed by atoms with Crippen molar-refractivity contribution in [3.63, 3.8) is 0 Å². The highest BCUT2D eigenvalue weighted by molar-refractivity contribution is 6.31. The summed E-state index contributed by atoms with van der Waals surface area (Å²) < 4.78 is 5.94. The molecule has 0 bridgehead atoms. The fraction of sp³-hybridized carbons (Fsp3) is 0.150. The number of benzene rings is 2. The van der Waals surface area contributed by atoms with E-state index in [9.17, 15) is 9.59 Å². The maximum absolute atomic E-state index is 11.7. The van der Waals surface area contributed by atoms with Crippen molar-refractivity contribution < 1.29 is 14.3 Å². The molecule has 1 heterocycles. The fourth-order valence-corrected chi connectivity index (χ4v) is 2.94. The van der Waals surface area contributed by atoms with Crippen LogP contribution < -0.4 is 9.64 Å². The second kappa shape index (κ2) is 7.54. The number of ether oxygens (including phenoxy) is 1. The zero-order chi connectivity index (χ0) is 18.7. The number of hydrogen-bond acceptors (Lipinski definition) is 4. The zero-order valence-electron chi connectivity index (χ0n) is 14.4. The molecule has 0 aliphatic rings. The highest BCUT2D eigenvalue weighted by atomic mass is 35.5. The first-order chi connectivity index (χ1) is 12.5. The Hall–Kier alpha value is -2.92. The number of aromatic nitrogens is 1. The number of imide groups is 1. The summed E-state index contributed by atoms with van der Waals surface area (Å²) in [6, 6.07) is 12.6. The van der Waals surface area contributed by atoms with Crippen LogP contribution in [0.3, 0.4) is 0 Å². The smallest absolute Gasteiger partial charge is 0.230 e. The van der Waals surface area contributed by atoms with Crippen LogP contribution in [0.1, 0.15) is 19.4 Å². The van der Waals surface area contributed by atoms with E-state index in [1.807, 2.05) is 24.3 Å². The van der Waals surface area contributed by atoms with Crippen LogP contribution in [0.2, 0.25) is 5.02 Å². The third-order valence-corrected chi connectivity index (χ3v) is 4.31. The van der Waals surface area contributed by atoms with Gasteiger partial charge in [0.15, 0.2) is 0 Å². The van der Waals surface area contributed by atoms with E-state index in [-0.39, 0.29) is 18.4 Å². The largest absolute Gasteiger partial charge is 0.488 e. The van der Waals surface area contributed by atoms with Crippen LogP contribution in [0.15, 0.2) is 54.9 Å². The molecular weight excluding hydrogens is 352 g/mol. The highest BCUT2D eigenvalue weighted by Gasteiger charge is 2.17. The maximum Gasteiger partial charge on any atom is 0.230 e. The molecule has 0 spiro atoms. The Labute approximate surface area is 156 Å². The predicted octanol–water partition coefficient (Wildman–Crippen LogP) is 4.37. The molecule has 2 amide bonds. The fourth-order valence-electron chi connectivity index (χ4n) is 2.77. The van der Waals surface area contributed by atoms with Crippen LogP contribution in [0.5, 0.6) is 5.75 Å². The van der Waals surface area contributed by atoms with Gasteiger partial charge < -0.3 is 4.74 Å².